The molecule has 0 radical (unpaired) electrons. The minimum atomic E-state index is -2.63. The second kappa shape index (κ2) is 2.98. The van der Waals surface area contributed by atoms with Crippen molar-refractivity contribution < 1.29 is 13.9 Å². The standard InChI is InChI=1S/C10H11F2NO/c11-10(12)5-9(6-10,7-14)8-2-1-3-13-4-8/h1-4,14H,5-7H2. The summed E-state index contributed by atoms with van der Waals surface area (Å²) >= 11 is 0. The van der Waals surface area contributed by atoms with Crippen LogP contribution in [0.25, 0.3) is 0 Å². The van der Waals surface area contributed by atoms with Crippen molar-refractivity contribution in [3.05, 3.63) is 30.1 Å². The molecular formula is C10H11F2NO. The minimum absolute atomic E-state index is 0.242. The van der Waals surface area contributed by atoms with Gasteiger partial charge >= 0.3 is 0 Å². The quantitative estimate of drug-likeness (QED) is 0.787. The molecule has 14 heavy (non-hydrogen) atoms. The van der Waals surface area contributed by atoms with Gasteiger partial charge in [-0.1, -0.05) is 6.07 Å². The number of alkyl halides is 2. The van der Waals surface area contributed by atoms with Crippen LogP contribution in [0.1, 0.15) is 18.4 Å². The fourth-order valence-electron chi connectivity index (χ4n) is 2.02. The van der Waals surface area contributed by atoms with Gasteiger partial charge in [0.1, 0.15) is 0 Å². The van der Waals surface area contributed by atoms with Gasteiger partial charge in [-0.25, -0.2) is 8.78 Å². The maximum absolute atomic E-state index is 12.8. The first-order chi connectivity index (χ1) is 6.58. The fourth-order valence-corrected chi connectivity index (χ4v) is 2.02. The molecule has 4 heteroatoms. The number of rotatable bonds is 2. The highest BCUT2D eigenvalue weighted by Gasteiger charge is 2.57. The lowest BCUT2D eigenvalue weighted by Crippen LogP contribution is -2.51. The average molecular weight is 199 g/mol. The predicted molar refractivity (Wildman–Crippen MR) is 47.2 cm³/mol. The summed E-state index contributed by atoms with van der Waals surface area (Å²) in [4.78, 5) is 3.87. The molecule has 2 rings (SSSR count). The van der Waals surface area contributed by atoms with Gasteiger partial charge in [0.2, 0.25) is 5.92 Å². The van der Waals surface area contributed by atoms with Crippen molar-refractivity contribution in [1.82, 2.24) is 4.98 Å². The zero-order valence-corrected chi connectivity index (χ0v) is 7.58. The van der Waals surface area contributed by atoms with E-state index in [2.05, 4.69) is 4.98 Å². The molecule has 0 spiro atoms. The van der Waals surface area contributed by atoms with Crippen molar-refractivity contribution in [1.29, 1.82) is 0 Å². The first-order valence-electron chi connectivity index (χ1n) is 4.47. The highest BCUT2D eigenvalue weighted by Crippen LogP contribution is 2.52. The van der Waals surface area contributed by atoms with Gasteiger partial charge in [0.05, 0.1) is 6.61 Å². The summed E-state index contributed by atoms with van der Waals surface area (Å²) in [5.41, 5.74) is -0.0639. The van der Waals surface area contributed by atoms with Crippen LogP contribution in [0.2, 0.25) is 0 Å². The Morgan fingerprint density at radius 2 is 2.14 bits per heavy atom. The molecule has 1 fully saturated rings. The lowest BCUT2D eigenvalue weighted by molar-refractivity contribution is -0.139. The summed E-state index contributed by atoms with van der Waals surface area (Å²) in [5, 5.41) is 9.16. The third-order valence-electron chi connectivity index (χ3n) is 2.77. The molecule has 0 aliphatic heterocycles. The normalized spacial score (nSPS) is 22.8. The molecule has 1 aliphatic rings. The fraction of sp³-hybridized carbons (Fsp3) is 0.500. The molecule has 2 nitrogen and oxygen atoms in total. The van der Waals surface area contributed by atoms with Crippen molar-refractivity contribution in [2.75, 3.05) is 6.61 Å². The first-order valence-corrected chi connectivity index (χ1v) is 4.47. The van der Waals surface area contributed by atoms with Crippen molar-refractivity contribution in [2.45, 2.75) is 24.2 Å². The number of aliphatic hydroxyl groups excluding tert-OH is 1. The average Bonchev–Trinajstić information content (AvgIpc) is 2.15. The number of nitrogens with zero attached hydrogens (tertiary/aromatic N) is 1. The van der Waals surface area contributed by atoms with Crippen LogP contribution in [0.3, 0.4) is 0 Å². The van der Waals surface area contributed by atoms with Crippen LogP contribution < -0.4 is 0 Å². The van der Waals surface area contributed by atoms with Gasteiger partial charge < -0.3 is 5.11 Å². The third-order valence-corrected chi connectivity index (χ3v) is 2.77. The van der Waals surface area contributed by atoms with Crippen molar-refractivity contribution in [3.63, 3.8) is 0 Å². The van der Waals surface area contributed by atoms with E-state index in [9.17, 15) is 8.78 Å². The first kappa shape index (κ1) is 9.52. The molecule has 1 aliphatic carbocycles. The second-order valence-corrected chi connectivity index (χ2v) is 3.89. The van der Waals surface area contributed by atoms with Gasteiger partial charge in [-0.2, -0.15) is 0 Å². The Labute approximate surface area is 80.6 Å². The molecular weight excluding hydrogens is 188 g/mol. The highest BCUT2D eigenvalue weighted by atomic mass is 19.3. The Hall–Kier alpha value is -1.03. The van der Waals surface area contributed by atoms with Crippen molar-refractivity contribution in [3.8, 4) is 0 Å². The molecule has 1 N–H and O–H groups in total. The van der Waals surface area contributed by atoms with E-state index in [1.807, 2.05) is 0 Å². The Balaban J connectivity index is 2.25. The van der Waals surface area contributed by atoms with Gasteiger partial charge in [-0.05, 0) is 11.6 Å². The molecule has 1 saturated carbocycles. The van der Waals surface area contributed by atoms with E-state index in [4.69, 9.17) is 5.11 Å². The molecule has 0 saturated heterocycles. The molecule has 76 valence electrons. The van der Waals surface area contributed by atoms with E-state index in [1.165, 1.54) is 0 Å². The molecule has 0 bridgehead atoms. The number of hydrogen-bond acceptors (Lipinski definition) is 2. The minimum Gasteiger partial charge on any atom is -0.395 e. The van der Waals surface area contributed by atoms with Crippen LogP contribution in [0, 0.1) is 0 Å². The van der Waals surface area contributed by atoms with Gasteiger partial charge in [-0.15, -0.1) is 0 Å². The Bertz CT molecular complexity index is 318. The molecule has 0 aromatic carbocycles. The van der Waals surface area contributed by atoms with E-state index in [0.29, 0.717) is 5.56 Å². The predicted octanol–water partition coefficient (Wildman–Crippen LogP) is 1.74. The van der Waals surface area contributed by atoms with E-state index < -0.39 is 11.3 Å². The molecule has 0 atom stereocenters. The van der Waals surface area contributed by atoms with E-state index in [1.54, 1.807) is 24.5 Å². The number of hydrogen-bond donors (Lipinski definition) is 1. The van der Waals surface area contributed by atoms with Crippen molar-refractivity contribution >= 4 is 0 Å². The SMILES string of the molecule is OCC1(c2cccnc2)CC(F)(F)C1. The van der Waals surface area contributed by atoms with Crippen LogP contribution in [0.15, 0.2) is 24.5 Å². The number of aromatic nitrogens is 1. The molecule has 1 heterocycles. The Morgan fingerprint density at radius 3 is 2.57 bits per heavy atom. The zero-order valence-electron chi connectivity index (χ0n) is 7.58. The van der Waals surface area contributed by atoms with Gasteiger partial charge in [0.25, 0.3) is 0 Å². The van der Waals surface area contributed by atoms with Gasteiger partial charge in [0.15, 0.2) is 0 Å². The summed E-state index contributed by atoms with van der Waals surface area (Å²) in [7, 11) is 0. The van der Waals surface area contributed by atoms with E-state index in [-0.39, 0.29) is 19.4 Å². The third kappa shape index (κ3) is 1.39. The highest BCUT2D eigenvalue weighted by molar-refractivity contribution is 5.27. The summed E-state index contributed by atoms with van der Waals surface area (Å²) in [6, 6.07) is 3.43. The van der Waals surface area contributed by atoms with E-state index >= 15 is 0 Å². The maximum atomic E-state index is 12.8. The lowest BCUT2D eigenvalue weighted by Gasteiger charge is -2.46. The maximum Gasteiger partial charge on any atom is 0.250 e. The van der Waals surface area contributed by atoms with Crippen LogP contribution >= 0.6 is 0 Å². The number of halogens is 2. The summed E-state index contributed by atoms with van der Waals surface area (Å²) in [5.74, 6) is -2.63. The van der Waals surface area contributed by atoms with Crippen molar-refractivity contribution in [2.24, 2.45) is 0 Å². The van der Waals surface area contributed by atoms with Crippen LogP contribution in [0.4, 0.5) is 8.78 Å². The zero-order chi connectivity index (χ0) is 10.2. The lowest BCUT2D eigenvalue weighted by atomic mass is 9.63. The van der Waals surface area contributed by atoms with Crippen LogP contribution in [0.5, 0.6) is 0 Å². The van der Waals surface area contributed by atoms with E-state index in [0.717, 1.165) is 0 Å². The molecule has 0 unspecified atom stereocenters. The molecule has 1 aromatic heterocycles. The van der Waals surface area contributed by atoms with Crippen LogP contribution in [-0.2, 0) is 5.41 Å². The van der Waals surface area contributed by atoms with Gasteiger partial charge in [0, 0.05) is 30.7 Å². The monoisotopic (exact) mass is 199 g/mol. The topological polar surface area (TPSA) is 33.1 Å². The number of aliphatic hydroxyl groups is 1. The largest absolute Gasteiger partial charge is 0.395 e. The second-order valence-electron chi connectivity index (χ2n) is 3.89. The van der Waals surface area contributed by atoms with Gasteiger partial charge in [-0.3, -0.25) is 4.98 Å². The summed E-state index contributed by atoms with van der Waals surface area (Å²) in [6.07, 6.45) is 2.58. The number of pyridine rings is 1. The molecule has 1 aromatic rings. The van der Waals surface area contributed by atoms with Crippen LogP contribution in [-0.4, -0.2) is 22.6 Å². The Kier molecular flexibility index (Phi) is 2.03. The summed E-state index contributed by atoms with van der Waals surface area (Å²) in [6.45, 7) is -0.242. The Morgan fingerprint density at radius 1 is 1.43 bits per heavy atom. The summed E-state index contributed by atoms with van der Waals surface area (Å²) < 4.78 is 25.5. The molecule has 0 amide bonds. The smallest absolute Gasteiger partial charge is 0.250 e.